The molecule has 3 nitrogen and oxygen atoms in total. The Labute approximate surface area is 146 Å². The van der Waals surface area contributed by atoms with E-state index in [1.807, 2.05) is 42.5 Å². The average molecular weight is 324 g/mol. The van der Waals surface area contributed by atoms with Crippen molar-refractivity contribution in [2.24, 2.45) is 4.99 Å². The number of hydrogen-bond acceptors (Lipinski definition) is 3. The summed E-state index contributed by atoms with van der Waals surface area (Å²) in [5.41, 5.74) is 5.79. The van der Waals surface area contributed by atoms with Crippen LogP contribution in [0.4, 0.5) is 5.69 Å². The molecule has 3 aromatic rings. The Morgan fingerprint density at radius 1 is 0.880 bits per heavy atom. The molecule has 0 spiro atoms. The second-order valence-electron chi connectivity index (χ2n) is 5.52. The van der Waals surface area contributed by atoms with E-state index in [4.69, 9.17) is 5.26 Å². The van der Waals surface area contributed by atoms with E-state index >= 15 is 0 Å². The number of aliphatic imine (C=N–C) groups is 1. The third kappa shape index (κ3) is 3.06. The van der Waals surface area contributed by atoms with Gasteiger partial charge < -0.3 is 5.11 Å². The molecule has 0 fully saturated rings. The van der Waals surface area contributed by atoms with Crippen molar-refractivity contribution in [2.45, 2.75) is 0 Å². The Hall–Kier alpha value is -3.64. The molecule has 0 unspecified atom stereocenters. The standard InChI is InChI=1S/C22H16N2O/c1-3-19-21(25)13-12-20(22(19)24-2)18-10-8-17(9-11-18)16-6-4-15(14-23)5-7-16/h3-13,25H,1-2H2. The molecule has 3 rings (SSSR count). The summed E-state index contributed by atoms with van der Waals surface area (Å²) in [4.78, 5) is 4.07. The molecule has 120 valence electrons. The van der Waals surface area contributed by atoms with Crippen molar-refractivity contribution in [3.63, 3.8) is 0 Å². The van der Waals surface area contributed by atoms with Crippen LogP contribution in [0.5, 0.6) is 5.75 Å². The number of hydrogen-bond donors (Lipinski definition) is 1. The Bertz CT molecular complexity index is 978. The van der Waals surface area contributed by atoms with E-state index in [1.54, 1.807) is 24.3 Å². The fourth-order valence-corrected chi connectivity index (χ4v) is 2.78. The predicted octanol–water partition coefficient (Wildman–Crippen LogP) is 5.57. The summed E-state index contributed by atoms with van der Waals surface area (Å²) in [5, 5.41) is 18.8. The quantitative estimate of drug-likeness (QED) is 0.637. The number of aromatic hydroxyl groups is 1. The topological polar surface area (TPSA) is 56.4 Å². The zero-order chi connectivity index (χ0) is 17.8. The molecule has 0 heterocycles. The van der Waals surface area contributed by atoms with Crippen molar-refractivity contribution >= 4 is 18.5 Å². The minimum absolute atomic E-state index is 0.135. The van der Waals surface area contributed by atoms with E-state index in [9.17, 15) is 5.11 Å². The number of rotatable bonds is 4. The monoisotopic (exact) mass is 324 g/mol. The van der Waals surface area contributed by atoms with Gasteiger partial charge in [0.15, 0.2) is 0 Å². The minimum atomic E-state index is 0.135. The molecule has 0 bridgehead atoms. The van der Waals surface area contributed by atoms with E-state index < -0.39 is 0 Å². The van der Waals surface area contributed by atoms with Crippen LogP contribution in [-0.4, -0.2) is 11.8 Å². The molecule has 0 radical (unpaired) electrons. The Kier molecular flexibility index (Phi) is 4.45. The molecule has 0 atom stereocenters. The maximum Gasteiger partial charge on any atom is 0.124 e. The molecule has 0 saturated heterocycles. The SMILES string of the molecule is C=Cc1c(O)ccc(-c2ccc(-c3ccc(C#N)cc3)cc2)c1N=C. The molecule has 0 amide bonds. The number of phenols is 1. The maximum absolute atomic E-state index is 9.95. The zero-order valence-electron chi connectivity index (χ0n) is 13.6. The lowest BCUT2D eigenvalue weighted by Crippen LogP contribution is -1.85. The molecule has 1 N–H and O–H groups in total. The Balaban J connectivity index is 2.02. The molecular formula is C22H16N2O. The van der Waals surface area contributed by atoms with Gasteiger partial charge in [-0.2, -0.15) is 5.26 Å². The van der Waals surface area contributed by atoms with Crippen LogP contribution < -0.4 is 0 Å². The lowest BCUT2D eigenvalue weighted by atomic mass is 9.96. The maximum atomic E-state index is 9.95. The summed E-state index contributed by atoms with van der Waals surface area (Å²) < 4.78 is 0. The highest BCUT2D eigenvalue weighted by Gasteiger charge is 2.11. The van der Waals surface area contributed by atoms with Gasteiger partial charge in [0.05, 0.1) is 17.3 Å². The Morgan fingerprint density at radius 3 is 1.96 bits per heavy atom. The highest BCUT2D eigenvalue weighted by molar-refractivity contribution is 5.86. The number of phenolic OH excluding ortho intramolecular Hbond substituents is 1. The van der Waals surface area contributed by atoms with Gasteiger partial charge in [-0.15, -0.1) is 0 Å². The highest BCUT2D eigenvalue weighted by Crippen LogP contribution is 2.39. The number of benzene rings is 3. The van der Waals surface area contributed by atoms with Crippen LogP contribution in [0.3, 0.4) is 0 Å². The van der Waals surface area contributed by atoms with Gasteiger partial charge in [-0.05, 0) is 47.7 Å². The minimum Gasteiger partial charge on any atom is -0.507 e. The summed E-state index contributed by atoms with van der Waals surface area (Å²) in [6, 6.07) is 21.1. The van der Waals surface area contributed by atoms with Crippen LogP contribution in [-0.2, 0) is 0 Å². The second kappa shape index (κ2) is 6.86. The first-order chi connectivity index (χ1) is 12.2. The molecule has 0 aliphatic carbocycles. The third-order valence-corrected chi connectivity index (χ3v) is 4.10. The van der Waals surface area contributed by atoms with E-state index in [1.165, 1.54) is 0 Å². The predicted molar refractivity (Wildman–Crippen MR) is 103 cm³/mol. The van der Waals surface area contributed by atoms with Gasteiger partial charge in [-0.1, -0.05) is 49.1 Å². The van der Waals surface area contributed by atoms with E-state index in [0.717, 1.165) is 22.3 Å². The van der Waals surface area contributed by atoms with Gasteiger partial charge in [-0.25, -0.2) is 0 Å². The van der Waals surface area contributed by atoms with Gasteiger partial charge >= 0.3 is 0 Å². The van der Waals surface area contributed by atoms with E-state index in [-0.39, 0.29) is 5.75 Å². The lowest BCUT2D eigenvalue weighted by molar-refractivity contribution is 0.474. The normalized spacial score (nSPS) is 10.0. The Morgan fingerprint density at radius 2 is 1.44 bits per heavy atom. The van der Waals surface area contributed by atoms with Gasteiger partial charge in [0.1, 0.15) is 5.75 Å². The van der Waals surface area contributed by atoms with Crippen molar-refractivity contribution in [1.29, 1.82) is 5.26 Å². The van der Waals surface area contributed by atoms with Gasteiger partial charge in [-0.3, -0.25) is 4.99 Å². The molecule has 0 aliphatic heterocycles. The highest BCUT2D eigenvalue weighted by atomic mass is 16.3. The molecule has 0 aliphatic rings. The number of nitriles is 1. The van der Waals surface area contributed by atoms with Crippen LogP contribution in [0.25, 0.3) is 28.3 Å². The molecule has 0 aromatic heterocycles. The van der Waals surface area contributed by atoms with Crippen molar-refractivity contribution in [3.8, 4) is 34.1 Å². The van der Waals surface area contributed by atoms with Crippen LogP contribution in [0.1, 0.15) is 11.1 Å². The largest absolute Gasteiger partial charge is 0.507 e. The summed E-state index contributed by atoms with van der Waals surface area (Å²) in [6.45, 7) is 7.35. The summed E-state index contributed by atoms with van der Waals surface area (Å²) in [7, 11) is 0. The van der Waals surface area contributed by atoms with E-state index in [2.05, 4.69) is 24.4 Å². The fraction of sp³-hybridized carbons (Fsp3) is 0. The first kappa shape index (κ1) is 16.2. The van der Waals surface area contributed by atoms with Crippen molar-refractivity contribution < 1.29 is 5.11 Å². The van der Waals surface area contributed by atoms with Crippen LogP contribution >= 0.6 is 0 Å². The van der Waals surface area contributed by atoms with Crippen LogP contribution in [0, 0.1) is 11.3 Å². The fourth-order valence-electron chi connectivity index (χ4n) is 2.78. The van der Waals surface area contributed by atoms with Crippen LogP contribution in [0.2, 0.25) is 0 Å². The number of nitrogens with zero attached hydrogens (tertiary/aromatic N) is 2. The van der Waals surface area contributed by atoms with Crippen LogP contribution in [0.15, 0.2) is 72.2 Å². The van der Waals surface area contributed by atoms with Gasteiger partial charge in [0, 0.05) is 11.1 Å². The zero-order valence-corrected chi connectivity index (χ0v) is 13.6. The molecular weight excluding hydrogens is 308 g/mol. The molecule has 0 saturated carbocycles. The third-order valence-electron chi connectivity index (χ3n) is 4.10. The lowest BCUT2D eigenvalue weighted by Gasteiger charge is -2.11. The molecule has 3 heteroatoms. The average Bonchev–Trinajstić information content (AvgIpc) is 2.68. The second-order valence-corrected chi connectivity index (χ2v) is 5.52. The van der Waals surface area contributed by atoms with Gasteiger partial charge in [0.25, 0.3) is 0 Å². The first-order valence-electron chi connectivity index (χ1n) is 7.74. The van der Waals surface area contributed by atoms with E-state index in [0.29, 0.717) is 16.8 Å². The van der Waals surface area contributed by atoms with Crippen molar-refractivity contribution in [2.75, 3.05) is 0 Å². The summed E-state index contributed by atoms with van der Waals surface area (Å²) >= 11 is 0. The first-order valence-corrected chi connectivity index (χ1v) is 7.74. The summed E-state index contributed by atoms with van der Waals surface area (Å²) in [5.74, 6) is 0.135. The summed E-state index contributed by atoms with van der Waals surface area (Å²) in [6.07, 6.45) is 1.58. The van der Waals surface area contributed by atoms with Gasteiger partial charge in [0.2, 0.25) is 0 Å². The smallest absolute Gasteiger partial charge is 0.124 e. The molecule has 3 aromatic carbocycles. The van der Waals surface area contributed by atoms with Crippen molar-refractivity contribution in [3.05, 3.63) is 78.4 Å². The van der Waals surface area contributed by atoms with Crippen molar-refractivity contribution in [1.82, 2.24) is 0 Å². The molecule has 25 heavy (non-hydrogen) atoms.